The molecule has 0 amide bonds. The number of hydrogen-bond acceptors (Lipinski definition) is 6. The SMILES string of the molecule is OCC(CO)OCc1ccccc1.OCC(O)CO. The van der Waals surface area contributed by atoms with Crippen molar-refractivity contribution >= 4 is 0 Å². The van der Waals surface area contributed by atoms with Crippen LogP contribution in [0.15, 0.2) is 30.3 Å². The molecule has 0 aliphatic heterocycles. The van der Waals surface area contributed by atoms with Gasteiger partial charge in [0.2, 0.25) is 0 Å². The van der Waals surface area contributed by atoms with Crippen molar-refractivity contribution in [2.24, 2.45) is 0 Å². The summed E-state index contributed by atoms with van der Waals surface area (Å²) in [6.45, 7) is -0.605. The lowest BCUT2D eigenvalue weighted by Crippen LogP contribution is -2.21. The van der Waals surface area contributed by atoms with Crippen molar-refractivity contribution < 1.29 is 30.3 Å². The van der Waals surface area contributed by atoms with E-state index in [9.17, 15) is 0 Å². The lowest BCUT2D eigenvalue weighted by atomic mass is 10.2. The Balaban J connectivity index is 0.000000459. The minimum Gasteiger partial charge on any atom is -0.394 e. The van der Waals surface area contributed by atoms with Gasteiger partial charge in [-0.2, -0.15) is 0 Å². The van der Waals surface area contributed by atoms with Crippen molar-refractivity contribution in [2.75, 3.05) is 26.4 Å². The summed E-state index contributed by atoms with van der Waals surface area (Å²) in [5.41, 5.74) is 1.04. The van der Waals surface area contributed by atoms with Crippen LogP contribution in [-0.2, 0) is 11.3 Å². The summed E-state index contributed by atoms with van der Waals surface area (Å²) >= 11 is 0. The van der Waals surface area contributed by atoms with Crippen molar-refractivity contribution in [2.45, 2.75) is 18.8 Å². The maximum atomic E-state index is 8.72. The summed E-state index contributed by atoms with van der Waals surface area (Å²) in [5, 5.41) is 41.5. The molecule has 1 aromatic rings. The van der Waals surface area contributed by atoms with Gasteiger partial charge in [0, 0.05) is 0 Å². The Morgan fingerprint density at radius 3 is 1.74 bits per heavy atom. The van der Waals surface area contributed by atoms with Gasteiger partial charge in [-0.3, -0.25) is 0 Å². The van der Waals surface area contributed by atoms with Crippen LogP contribution in [0.2, 0.25) is 0 Å². The third-order valence-corrected chi connectivity index (χ3v) is 2.16. The van der Waals surface area contributed by atoms with E-state index >= 15 is 0 Å². The topological polar surface area (TPSA) is 110 Å². The minimum absolute atomic E-state index is 0.149. The standard InChI is InChI=1S/C10H14O3.C3H8O3/c11-6-10(7-12)13-8-9-4-2-1-3-5-9;4-1-3(6)2-5/h1-5,10-12H,6-8H2;3-6H,1-2H2. The Morgan fingerprint density at radius 1 is 0.842 bits per heavy atom. The number of benzene rings is 1. The molecule has 6 nitrogen and oxygen atoms in total. The highest BCUT2D eigenvalue weighted by Gasteiger charge is 2.04. The molecule has 0 fully saturated rings. The van der Waals surface area contributed by atoms with Crippen molar-refractivity contribution in [3.05, 3.63) is 35.9 Å². The summed E-state index contributed by atoms with van der Waals surface area (Å²) < 4.78 is 5.23. The van der Waals surface area contributed by atoms with E-state index in [-0.39, 0.29) is 26.4 Å². The molecule has 0 saturated carbocycles. The van der Waals surface area contributed by atoms with Crippen molar-refractivity contribution in [3.8, 4) is 0 Å². The fraction of sp³-hybridized carbons (Fsp3) is 0.538. The van der Waals surface area contributed by atoms with Crippen LogP contribution in [0.3, 0.4) is 0 Å². The molecule has 0 aromatic heterocycles. The minimum atomic E-state index is -0.954. The quantitative estimate of drug-likeness (QED) is 0.431. The predicted octanol–water partition coefficient (Wildman–Crippen LogP) is -1.11. The van der Waals surface area contributed by atoms with E-state index in [1.54, 1.807) is 0 Å². The molecule has 0 unspecified atom stereocenters. The maximum Gasteiger partial charge on any atom is 0.104 e. The Labute approximate surface area is 112 Å². The zero-order chi connectivity index (χ0) is 14.5. The third-order valence-electron chi connectivity index (χ3n) is 2.16. The third kappa shape index (κ3) is 9.54. The van der Waals surface area contributed by atoms with Gasteiger partial charge in [-0.15, -0.1) is 0 Å². The van der Waals surface area contributed by atoms with Crippen LogP contribution in [0.5, 0.6) is 0 Å². The normalized spacial score (nSPS) is 10.5. The number of rotatable bonds is 7. The Kier molecular flexibility index (Phi) is 11.4. The Bertz CT molecular complexity index is 284. The molecule has 0 bridgehead atoms. The second kappa shape index (κ2) is 12.0. The van der Waals surface area contributed by atoms with Crippen molar-refractivity contribution in [1.82, 2.24) is 0 Å². The number of aliphatic hydroxyl groups is 5. The summed E-state index contributed by atoms with van der Waals surface area (Å²) in [4.78, 5) is 0. The van der Waals surface area contributed by atoms with Gasteiger partial charge in [-0.25, -0.2) is 0 Å². The molecule has 0 atom stereocenters. The molecule has 0 radical (unpaired) electrons. The highest BCUT2D eigenvalue weighted by molar-refractivity contribution is 5.13. The smallest absolute Gasteiger partial charge is 0.104 e. The van der Waals surface area contributed by atoms with Crippen LogP contribution in [0, 0.1) is 0 Å². The number of hydrogen-bond donors (Lipinski definition) is 5. The van der Waals surface area contributed by atoms with E-state index in [1.165, 1.54) is 0 Å². The van der Waals surface area contributed by atoms with Gasteiger partial charge in [0.1, 0.15) is 12.2 Å². The molecule has 6 heteroatoms. The first-order chi connectivity index (χ1) is 9.17. The molecular weight excluding hydrogens is 252 g/mol. The largest absolute Gasteiger partial charge is 0.394 e. The van der Waals surface area contributed by atoms with Crippen LogP contribution in [0.1, 0.15) is 5.56 Å². The summed E-state index contributed by atoms with van der Waals surface area (Å²) in [6, 6.07) is 9.65. The molecule has 5 N–H and O–H groups in total. The zero-order valence-corrected chi connectivity index (χ0v) is 10.7. The predicted molar refractivity (Wildman–Crippen MR) is 69.4 cm³/mol. The molecule has 0 spiro atoms. The second-order valence-electron chi connectivity index (χ2n) is 3.80. The van der Waals surface area contributed by atoms with Gasteiger partial charge in [0.25, 0.3) is 0 Å². The van der Waals surface area contributed by atoms with E-state index in [1.807, 2.05) is 30.3 Å². The lowest BCUT2D eigenvalue weighted by Gasteiger charge is -2.11. The fourth-order valence-corrected chi connectivity index (χ4v) is 1.01. The van der Waals surface area contributed by atoms with Crippen LogP contribution < -0.4 is 0 Å². The second-order valence-corrected chi connectivity index (χ2v) is 3.80. The van der Waals surface area contributed by atoms with Crippen molar-refractivity contribution in [3.63, 3.8) is 0 Å². The summed E-state index contributed by atoms with van der Waals surface area (Å²) in [5.74, 6) is 0. The average molecular weight is 274 g/mol. The first-order valence-corrected chi connectivity index (χ1v) is 5.94. The number of aliphatic hydroxyl groups excluding tert-OH is 5. The first-order valence-electron chi connectivity index (χ1n) is 5.94. The van der Waals surface area contributed by atoms with Crippen LogP contribution in [-0.4, -0.2) is 64.2 Å². The van der Waals surface area contributed by atoms with Gasteiger partial charge >= 0.3 is 0 Å². The van der Waals surface area contributed by atoms with Gasteiger partial charge in [0.05, 0.1) is 33.0 Å². The number of ether oxygens (including phenoxy) is 1. The van der Waals surface area contributed by atoms with Gasteiger partial charge in [-0.1, -0.05) is 30.3 Å². The van der Waals surface area contributed by atoms with E-state index in [4.69, 9.17) is 30.3 Å². The monoisotopic (exact) mass is 274 g/mol. The Hall–Kier alpha value is -1.02. The molecule has 0 saturated heterocycles. The molecule has 1 rings (SSSR count). The van der Waals surface area contributed by atoms with Crippen LogP contribution in [0.25, 0.3) is 0 Å². The average Bonchev–Trinajstić information content (AvgIpc) is 2.49. The maximum absolute atomic E-state index is 8.72. The van der Waals surface area contributed by atoms with Gasteiger partial charge in [0.15, 0.2) is 0 Å². The van der Waals surface area contributed by atoms with E-state index in [2.05, 4.69) is 0 Å². The van der Waals surface area contributed by atoms with E-state index in [0.717, 1.165) is 5.56 Å². The summed E-state index contributed by atoms with van der Waals surface area (Å²) in [6.07, 6.45) is -1.43. The van der Waals surface area contributed by atoms with Crippen LogP contribution >= 0.6 is 0 Å². The zero-order valence-electron chi connectivity index (χ0n) is 10.7. The summed E-state index contributed by atoms with van der Waals surface area (Å²) in [7, 11) is 0. The fourth-order valence-electron chi connectivity index (χ4n) is 1.01. The Morgan fingerprint density at radius 2 is 1.37 bits per heavy atom. The molecule has 19 heavy (non-hydrogen) atoms. The first kappa shape index (κ1) is 18.0. The molecule has 1 aromatic carbocycles. The molecule has 110 valence electrons. The van der Waals surface area contributed by atoms with Gasteiger partial charge in [-0.05, 0) is 5.56 Å². The highest BCUT2D eigenvalue weighted by atomic mass is 16.5. The molecule has 0 aliphatic carbocycles. The lowest BCUT2D eigenvalue weighted by molar-refractivity contribution is -0.0284. The van der Waals surface area contributed by atoms with E-state index < -0.39 is 12.2 Å². The van der Waals surface area contributed by atoms with Crippen molar-refractivity contribution in [1.29, 1.82) is 0 Å². The highest BCUT2D eigenvalue weighted by Crippen LogP contribution is 2.02. The molecule has 0 heterocycles. The van der Waals surface area contributed by atoms with Gasteiger partial charge < -0.3 is 30.3 Å². The van der Waals surface area contributed by atoms with E-state index in [0.29, 0.717) is 6.61 Å². The molecular formula is C13H22O6. The van der Waals surface area contributed by atoms with Crippen LogP contribution in [0.4, 0.5) is 0 Å². The molecule has 0 aliphatic rings.